The number of carbonyl (C=O) groups excluding carboxylic acids is 2. The number of amides is 2. The van der Waals surface area contributed by atoms with Gasteiger partial charge in [0.2, 0.25) is 11.8 Å². The van der Waals surface area contributed by atoms with Crippen molar-refractivity contribution in [2.24, 2.45) is 0 Å². The molecule has 0 spiro atoms. The summed E-state index contributed by atoms with van der Waals surface area (Å²) in [5.41, 5.74) is 1.72. The van der Waals surface area contributed by atoms with Gasteiger partial charge in [-0.05, 0) is 47.2 Å². The number of hydrogen-bond acceptors (Lipinski definition) is 2. The van der Waals surface area contributed by atoms with E-state index in [0.29, 0.717) is 12.8 Å². The van der Waals surface area contributed by atoms with E-state index in [4.69, 9.17) is 0 Å². The van der Waals surface area contributed by atoms with E-state index in [1.54, 1.807) is 0 Å². The van der Waals surface area contributed by atoms with E-state index >= 15 is 0 Å². The number of halogens is 1. The average Bonchev–Trinajstić information content (AvgIpc) is 2.52. The minimum atomic E-state index is -0.0925. The van der Waals surface area contributed by atoms with Gasteiger partial charge in [-0.2, -0.15) is 0 Å². The van der Waals surface area contributed by atoms with Crippen LogP contribution in [-0.4, -0.2) is 11.8 Å². The van der Waals surface area contributed by atoms with E-state index in [9.17, 15) is 9.59 Å². The fraction of sp³-hybridized carbons (Fsp3) is 0.273. The van der Waals surface area contributed by atoms with Gasteiger partial charge in [0.1, 0.15) is 0 Å². The maximum Gasteiger partial charge on any atom is 0.234 e. The molecule has 1 heterocycles. The predicted molar refractivity (Wildman–Crippen MR) is 65.6 cm³/mol. The Bertz CT molecular complexity index is 426. The Kier molecular flexibility index (Phi) is 2.77. The molecule has 15 heavy (non-hydrogen) atoms. The molecular formula is C11H10INO2. The highest BCUT2D eigenvalue weighted by atomic mass is 127. The lowest BCUT2D eigenvalue weighted by atomic mass is 10.2. The smallest absolute Gasteiger partial charge is 0.234 e. The van der Waals surface area contributed by atoms with Crippen molar-refractivity contribution in [3.8, 4) is 0 Å². The Morgan fingerprint density at radius 1 is 1.20 bits per heavy atom. The van der Waals surface area contributed by atoms with Crippen molar-refractivity contribution in [2.75, 3.05) is 4.90 Å². The molecule has 2 amide bonds. The number of hydrogen-bond donors (Lipinski definition) is 0. The summed E-state index contributed by atoms with van der Waals surface area (Å²) in [7, 11) is 0. The van der Waals surface area contributed by atoms with E-state index in [-0.39, 0.29) is 11.8 Å². The summed E-state index contributed by atoms with van der Waals surface area (Å²) in [4.78, 5) is 24.4. The Hall–Kier alpha value is -0.910. The summed E-state index contributed by atoms with van der Waals surface area (Å²) >= 11 is 2.20. The summed E-state index contributed by atoms with van der Waals surface area (Å²) in [6, 6.07) is 5.64. The highest BCUT2D eigenvalue weighted by Crippen LogP contribution is 2.28. The van der Waals surface area contributed by atoms with E-state index in [1.807, 2.05) is 25.1 Å². The van der Waals surface area contributed by atoms with Crippen LogP contribution < -0.4 is 4.90 Å². The third-order valence-corrected chi connectivity index (χ3v) is 3.70. The molecule has 0 bridgehead atoms. The molecule has 1 fully saturated rings. The highest BCUT2D eigenvalue weighted by Gasteiger charge is 2.31. The zero-order valence-electron chi connectivity index (χ0n) is 8.29. The van der Waals surface area contributed by atoms with Crippen molar-refractivity contribution in [2.45, 2.75) is 19.8 Å². The Balaban J connectivity index is 2.49. The summed E-state index contributed by atoms with van der Waals surface area (Å²) in [6.45, 7) is 1.93. The van der Waals surface area contributed by atoms with Crippen LogP contribution in [0.25, 0.3) is 0 Å². The number of benzene rings is 1. The quantitative estimate of drug-likeness (QED) is 0.589. The molecule has 1 saturated heterocycles. The predicted octanol–water partition coefficient (Wildman–Crippen LogP) is 2.25. The van der Waals surface area contributed by atoms with Gasteiger partial charge in [-0.25, -0.2) is 0 Å². The van der Waals surface area contributed by atoms with Gasteiger partial charge in [0.05, 0.1) is 5.69 Å². The monoisotopic (exact) mass is 315 g/mol. The SMILES string of the molecule is Cc1c(I)cccc1N1C(=O)CCC1=O. The first kappa shape index (κ1) is 10.6. The number of rotatable bonds is 1. The van der Waals surface area contributed by atoms with Crippen molar-refractivity contribution < 1.29 is 9.59 Å². The zero-order chi connectivity index (χ0) is 11.0. The van der Waals surface area contributed by atoms with Crippen molar-refractivity contribution in [1.82, 2.24) is 0 Å². The van der Waals surface area contributed by atoms with Crippen LogP contribution in [0.4, 0.5) is 5.69 Å². The number of imide groups is 1. The minimum absolute atomic E-state index is 0.0925. The van der Waals surface area contributed by atoms with Crippen LogP contribution in [0.15, 0.2) is 18.2 Å². The molecule has 0 aliphatic carbocycles. The van der Waals surface area contributed by atoms with E-state index in [1.165, 1.54) is 4.90 Å². The van der Waals surface area contributed by atoms with E-state index in [2.05, 4.69) is 22.6 Å². The molecular weight excluding hydrogens is 305 g/mol. The van der Waals surface area contributed by atoms with Crippen molar-refractivity contribution in [3.05, 3.63) is 27.3 Å². The normalized spacial score (nSPS) is 16.3. The van der Waals surface area contributed by atoms with E-state index in [0.717, 1.165) is 14.8 Å². The highest BCUT2D eigenvalue weighted by molar-refractivity contribution is 14.1. The van der Waals surface area contributed by atoms with Gasteiger partial charge in [-0.3, -0.25) is 14.5 Å². The topological polar surface area (TPSA) is 37.4 Å². The molecule has 0 aromatic heterocycles. The number of anilines is 1. The first-order valence-electron chi connectivity index (χ1n) is 4.72. The van der Waals surface area contributed by atoms with Gasteiger partial charge in [0.15, 0.2) is 0 Å². The lowest BCUT2D eigenvalue weighted by Gasteiger charge is -2.17. The fourth-order valence-electron chi connectivity index (χ4n) is 1.68. The molecule has 0 unspecified atom stereocenters. The van der Waals surface area contributed by atoms with Gasteiger partial charge >= 0.3 is 0 Å². The van der Waals surface area contributed by atoms with Gasteiger partial charge in [-0.1, -0.05) is 6.07 Å². The third-order valence-electron chi connectivity index (χ3n) is 2.53. The van der Waals surface area contributed by atoms with Crippen molar-refractivity contribution in [3.63, 3.8) is 0 Å². The largest absolute Gasteiger partial charge is 0.274 e. The Morgan fingerprint density at radius 3 is 2.40 bits per heavy atom. The average molecular weight is 315 g/mol. The molecule has 2 rings (SSSR count). The first-order chi connectivity index (χ1) is 7.11. The molecule has 1 aromatic carbocycles. The lowest BCUT2D eigenvalue weighted by molar-refractivity contribution is -0.121. The second-order valence-corrected chi connectivity index (χ2v) is 4.67. The van der Waals surface area contributed by atoms with Gasteiger partial charge < -0.3 is 0 Å². The molecule has 0 saturated carbocycles. The molecule has 3 nitrogen and oxygen atoms in total. The molecule has 0 atom stereocenters. The zero-order valence-corrected chi connectivity index (χ0v) is 10.4. The molecule has 78 valence electrons. The van der Waals surface area contributed by atoms with Gasteiger partial charge in [0.25, 0.3) is 0 Å². The molecule has 4 heteroatoms. The van der Waals surface area contributed by atoms with Crippen LogP contribution in [-0.2, 0) is 9.59 Å². The molecule has 1 aliphatic rings. The number of nitrogens with zero attached hydrogens (tertiary/aromatic N) is 1. The van der Waals surface area contributed by atoms with Crippen molar-refractivity contribution in [1.29, 1.82) is 0 Å². The lowest BCUT2D eigenvalue weighted by Crippen LogP contribution is -2.29. The molecule has 1 aliphatic heterocycles. The fourth-order valence-corrected chi connectivity index (χ4v) is 2.17. The Labute approximate surface area is 102 Å². The summed E-state index contributed by atoms with van der Waals surface area (Å²) in [6.07, 6.45) is 0.674. The summed E-state index contributed by atoms with van der Waals surface area (Å²) in [5.74, 6) is -0.185. The maximum absolute atomic E-state index is 11.6. The van der Waals surface area contributed by atoms with Crippen LogP contribution in [0.1, 0.15) is 18.4 Å². The molecule has 0 N–H and O–H groups in total. The minimum Gasteiger partial charge on any atom is -0.274 e. The van der Waals surface area contributed by atoms with Crippen LogP contribution >= 0.6 is 22.6 Å². The molecule has 1 aromatic rings. The second kappa shape index (κ2) is 3.92. The first-order valence-corrected chi connectivity index (χ1v) is 5.80. The van der Waals surface area contributed by atoms with Crippen molar-refractivity contribution >= 4 is 40.1 Å². The van der Waals surface area contributed by atoms with E-state index < -0.39 is 0 Å². The standard InChI is InChI=1S/C11H10INO2/c1-7-8(12)3-2-4-9(7)13-10(14)5-6-11(13)15/h2-4H,5-6H2,1H3. The number of carbonyl (C=O) groups is 2. The third kappa shape index (κ3) is 1.78. The summed E-state index contributed by atoms with van der Waals surface area (Å²) < 4.78 is 1.07. The maximum atomic E-state index is 11.6. The van der Waals surface area contributed by atoms with Crippen LogP contribution in [0, 0.1) is 10.5 Å². The van der Waals surface area contributed by atoms with Crippen LogP contribution in [0.5, 0.6) is 0 Å². The van der Waals surface area contributed by atoms with Gasteiger partial charge in [0, 0.05) is 16.4 Å². The molecule has 0 radical (unpaired) electrons. The Morgan fingerprint density at radius 2 is 1.80 bits per heavy atom. The van der Waals surface area contributed by atoms with Gasteiger partial charge in [-0.15, -0.1) is 0 Å². The summed E-state index contributed by atoms with van der Waals surface area (Å²) in [5, 5.41) is 0. The van der Waals surface area contributed by atoms with Crippen LogP contribution in [0.3, 0.4) is 0 Å². The van der Waals surface area contributed by atoms with Crippen LogP contribution in [0.2, 0.25) is 0 Å². The second-order valence-electron chi connectivity index (χ2n) is 3.51.